The fraction of sp³-hybridized carbons (Fsp3) is 0.217. The fourth-order valence-corrected chi connectivity index (χ4v) is 7.40. The van der Waals surface area contributed by atoms with Crippen LogP contribution >= 0.6 is 46.5 Å². The Morgan fingerprint density at radius 1 is 1.32 bits per heavy atom. The molecule has 17 heteroatoms. The van der Waals surface area contributed by atoms with Crippen molar-refractivity contribution in [2.75, 3.05) is 24.8 Å². The zero-order valence-electron chi connectivity index (χ0n) is 20.2. The maximum absolute atomic E-state index is 13.2. The Morgan fingerprint density at radius 2 is 2.10 bits per heavy atom. The second-order valence-corrected chi connectivity index (χ2v) is 11.9. The average molecular weight is 624 g/mol. The van der Waals surface area contributed by atoms with Gasteiger partial charge in [-0.25, -0.2) is 18.9 Å². The molecular formula is C23H19ClFN7O5S3. The molecule has 2 aliphatic rings. The zero-order valence-corrected chi connectivity index (χ0v) is 23.4. The third-order valence-corrected chi connectivity index (χ3v) is 9.27. The maximum atomic E-state index is 13.2. The molecule has 3 aromatic rings. The number of nitrogens with one attached hydrogen (secondary N) is 1. The number of carboxylic acids is 1. The Balaban J connectivity index is 1.36. The molecule has 1 fully saturated rings. The molecule has 1 saturated heterocycles. The molecule has 4 heterocycles. The van der Waals surface area contributed by atoms with Gasteiger partial charge in [-0.05, 0) is 18.2 Å². The van der Waals surface area contributed by atoms with Crippen LogP contribution in [-0.2, 0) is 19.2 Å². The minimum atomic E-state index is -1.27. The summed E-state index contributed by atoms with van der Waals surface area (Å²) < 4.78 is 14.3. The molecule has 0 saturated carbocycles. The van der Waals surface area contributed by atoms with Crippen LogP contribution < -0.4 is 11.1 Å². The summed E-state index contributed by atoms with van der Waals surface area (Å²) in [5.74, 6) is -2.49. The van der Waals surface area contributed by atoms with Gasteiger partial charge in [0.15, 0.2) is 10.8 Å². The molecule has 0 unspecified atom stereocenters. The van der Waals surface area contributed by atoms with Gasteiger partial charge in [0.05, 0.1) is 11.9 Å². The molecule has 40 heavy (non-hydrogen) atoms. The van der Waals surface area contributed by atoms with Crippen molar-refractivity contribution in [2.45, 2.75) is 16.4 Å². The molecule has 4 N–H and O–H groups in total. The number of oxime groups is 1. The third-order valence-electron chi connectivity index (χ3n) is 5.63. The van der Waals surface area contributed by atoms with Gasteiger partial charge in [0.2, 0.25) is 0 Å². The number of aliphatic carboxylic acids is 1. The fourth-order valence-electron chi connectivity index (χ4n) is 3.94. The Kier molecular flexibility index (Phi) is 8.30. The smallest absolute Gasteiger partial charge is 0.353 e. The number of carboxylic acid groups (broad SMARTS) is 1. The number of nitrogens with two attached hydrogens (primary N) is 1. The Labute approximate surface area is 243 Å². The summed E-state index contributed by atoms with van der Waals surface area (Å²) in [6.45, 7) is -1.27. The minimum absolute atomic E-state index is 0.0522. The first kappa shape index (κ1) is 27.9. The summed E-state index contributed by atoms with van der Waals surface area (Å²) in [7, 11) is 0. The van der Waals surface area contributed by atoms with Gasteiger partial charge >= 0.3 is 5.97 Å². The predicted octanol–water partition coefficient (Wildman–Crippen LogP) is 2.74. The van der Waals surface area contributed by atoms with E-state index in [1.807, 2.05) is 30.3 Å². The van der Waals surface area contributed by atoms with Gasteiger partial charge < -0.3 is 21.0 Å². The Morgan fingerprint density at radius 3 is 2.77 bits per heavy atom. The molecule has 2 aliphatic heterocycles. The molecule has 0 bridgehead atoms. The highest BCUT2D eigenvalue weighted by atomic mass is 35.5. The van der Waals surface area contributed by atoms with Gasteiger partial charge in [0.25, 0.3) is 11.8 Å². The first-order valence-electron chi connectivity index (χ1n) is 11.5. The van der Waals surface area contributed by atoms with Gasteiger partial charge in [-0.3, -0.25) is 14.5 Å². The average Bonchev–Trinajstić information content (AvgIpc) is 3.54. The third kappa shape index (κ3) is 5.39. The van der Waals surface area contributed by atoms with Crippen molar-refractivity contribution in [3.63, 3.8) is 0 Å². The number of anilines is 1. The molecule has 12 nitrogen and oxygen atoms in total. The van der Waals surface area contributed by atoms with E-state index in [1.165, 1.54) is 23.5 Å². The van der Waals surface area contributed by atoms with E-state index >= 15 is 0 Å². The summed E-state index contributed by atoms with van der Waals surface area (Å²) in [6, 6.07) is 10.0. The molecule has 2 atom stereocenters. The Hall–Kier alpha value is -3.60. The zero-order chi connectivity index (χ0) is 28.4. The van der Waals surface area contributed by atoms with Gasteiger partial charge in [0.1, 0.15) is 45.5 Å². The number of alkyl halides is 1. The Bertz CT molecular complexity index is 1530. The van der Waals surface area contributed by atoms with E-state index in [0.717, 1.165) is 21.9 Å². The number of hydrogen-bond donors (Lipinski definition) is 3. The first-order valence-corrected chi connectivity index (χ1v) is 14.5. The number of thiazole rings is 1. The number of amides is 2. The number of nitrogens with zero attached hydrogens (tertiary/aromatic N) is 5. The monoisotopic (exact) mass is 623 g/mol. The number of thioether (sulfide) groups is 2. The van der Waals surface area contributed by atoms with Crippen LogP contribution in [0.5, 0.6) is 0 Å². The van der Waals surface area contributed by atoms with E-state index in [2.05, 4.69) is 20.6 Å². The number of carbonyl (C=O) groups excluding carboxylic acids is 2. The number of aromatic nitrogens is 3. The van der Waals surface area contributed by atoms with E-state index in [-0.39, 0.29) is 26.6 Å². The number of rotatable bonds is 10. The SMILES string of the molecule is Nc1nc(/C(=N/OCCF)C(=O)N[C@@H]2C(=O)N3C(C(=O)O)=C(Sc4ccnn4-c4ccccc4)CS[C@H]23)c(Cl)s1. The van der Waals surface area contributed by atoms with Gasteiger partial charge in [0, 0.05) is 10.7 Å². The lowest BCUT2D eigenvalue weighted by molar-refractivity contribution is -0.150. The number of β-lactam (4-membered cyclic amide) rings is 1. The van der Waals surface area contributed by atoms with Crippen molar-refractivity contribution in [2.24, 2.45) is 5.16 Å². The number of carbonyl (C=O) groups is 3. The summed E-state index contributed by atoms with van der Waals surface area (Å²) >= 11 is 9.52. The van der Waals surface area contributed by atoms with Crippen LogP contribution in [0.25, 0.3) is 5.69 Å². The lowest BCUT2D eigenvalue weighted by Gasteiger charge is -2.49. The molecule has 2 amide bonds. The van der Waals surface area contributed by atoms with Crippen molar-refractivity contribution in [3.05, 3.63) is 63.2 Å². The van der Waals surface area contributed by atoms with Crippen LogP contribution in [0.15, 0.2) is 63.4 Å². The predicted molar refractivity (Wildman–Crippen MR) is 149 cm³/mol. The van der Waals surface area contributed by atoms with Crippen LogP contribution in [0.1, 0.15) is 5.69 Å². The van der Waals surface area contributed by atoms with Crippen molar-refractivity contribution in [3.8, 4) is 5.69 Å². The molecule has 1 aromatic carbocycles. The molecular weight excluding hydrogens is 605 g/mol. The molecule has 0 spiro atoms. The van der Waals surface area contributed by atoms with E-state index in [0.29, 0.717) is 9.93 Å². The second kappa shape index (κ2) is 11.9. The van der Waals surface area contributed by atoms with Crippen LogP contribution in [0, 0.1) is 0 Å². The van der Waals surface area contributed by atoms with Crippen molar-refractivity contribution in [1.29, 1.82) is 0 Å². The highest BCUT2D eigenvalue weighted by Crippen LogP contribution is 2.45. The number of benzene rings is 1. The highest BCUT2D eigenvalue weighted by Gasteiger charge is 2.54. The standard InChI is InChI=1S/C23H19ClFN7O5S3/c24-18-14(29-23(26)40-18)15(30-37-9-7-25)19(33)28-16-20(34)31-17(22(35)36)12(10-38-21(16)31)39-13-6-8-27-32(13)11-4-2-1-3-5-11/h1-6,8,16,21H,7,9-10H2,(H2,26,29)(H,28,33)(H,35,36)/b30-15-/t16-,21-/m1/s1. The normalized spacial score (nSPS) is 18.8. The van der Waals surface area contributed by atoms with Crippen molar-refractivity contribution in [1.82, 2.24) is 25.0 Å². The van der Waals surface area contributed by atoms with Crippen LogP contribution in [0.3, 0.4) is 0 Å². The number of halogens is 2. The lowest BCUT2D eigenvalue weighted by atomic mass is 10.0. The molecule has 208 valence electrons. The molecule has 5 rings (SSSR count). The second-order valence-electron chi connectivity index (χ2n) is 8.09. The maximum Gasteiger partial charge on any atom is 0.353 e. The molecule has 2 aromatic heterocycles. The quantitative estimate of drug-likeness (QED) is 0.132. The van der Waals surface area contributed by atoms with Crippen molar-refractivity contribution < 1.29 is 28.7 Å². The number of nitrogen functional groups attached to an aromatic ring is 1. The van der Waals surface area contributed by atoms with Crippen LogP contribution in [-0.4, -0.2) is 78.7 Å². The van der Waals surface area contributed by atoms with Crippen LogP contribution in [0.4, 0.5) is 9.52 Å². The number of hydrogen-bond acceptors (Lipinski definition) is 11. The minimum Gasteiger partial charge on any atom is -0.477 e. The van der Waals surface area contributed by atoms with E-state index in [4.69, 9.17) is 22.2 Å². The van der Waals surface area contributed by atoms with E-state index in [1.54, 1.807) is 16.9 Å². The van der Waals surface area contributed by atoms with Crippen molar-refractivity contribution >= 4 is 75.1 Å². The number of para-hydroxylation sites is 1. The summed E-state index contributed by atoms with van der Waals surface area (Å²) in [4.78, 5) is 49.0. The summed E-state index contributed by atoms with van der Waals surface area (Å²) in [5.41, 5.74) is 5.83. The van der Waals surface area contributed by atoms with Crippen LogP contribution in [0.2, 0.25) is 4.34 Å². The summed E-state index contributed by atoms with van der Waals surface area (Å²) in [5, 5.41) is 20.6. The topological polar surface area (TPSA) is 165 Å². The van der Waals surface area contributed by atoms with E-state index < -0.39 is 48.2 Å². The first-order chi connectivity index (χ1) is 19.3. The molecule has 0 aliphatic carbocycles. The van der Waals surface area contributed by atoms with E-state index in [9.17, 15) is 23.9 Å². The van der Waals surface area contributed by atoms with Gasteiger partial charge in [-0.2, -0.15) is 5.10 Å². The highest BCUT2D eigenvalue weighted by molar-refractivity contribution is 8.06. The summed E-state index contributed by atoms with van der Waals surface area (Å²) in [6.07, 6.45) is 1.61. The lowest BCUT2D eigenvalue weighted by Crippen LogP contribution is -2.71. The largest absolute Gasteiger partial charge is 0.477 e. The van der Waals surface area contributed by atoms with Gasteiger partial charge in [-0.1, -0.05) is 58.1 Å². The molecule has 0 radical (unpaired) electrons. The van der Waals surface area contributed by atoms with Gasteiger partial charge in [-0.15, -0.1) is 11.8 Å². The number of fused-ring (bicyclic) bond motifs is 1.